The second-order valence-electron chi connectivity index (χ2n) is 6.64. The number of aryl methyl sites for hydroxylation is 1. The van der Waals surface area contributed by atoms with Gasteiger partial charge in [0.05, 0.1) is 7.11 Å². The summed E-state index contributed by atoms with van der Waals surface area (Å²) in [7, 11) is 1.68. The summed E-state index contributed by atoms with van der Waals surface area (Å²) in [5.74, 6) is 0.882. The SMILES string of the molecule is COc1ccc(C)cc1CCNC(=O)N1CCN(Cc2cccs2)CC1. The number of hydrogen-bond acceptors (Lipinski definition) is 4. The van der Waals surface area contributed by atoms with Gasteiger partial charge >= 0.3 is 6.03 Å². The highest BCUT2D eigenvalue weighted by atomic mass is 32.1. The van der Waals surface area contributed by atoms with Crippen LogP contribution in [0, 0.1) is 6.92 Å². The van der Waals surface area contributed by atoms with Crippen molar-refractivity contribution in [2.24, 2.45) is 0 Å². The van der Waals surface area contributed by atoms with Crippen LogP contribution in [0.4, 0.5) is 4.79 Å². The molecule has 1 N–H and O–H groups in total. The average Bonchev–Trinajstić information content (AvgIpc) is 3.15. The number of nitrogens with zero attached hydrogens (tertiary/aromatic N) is 2. The third-order valence-corrected chi connectivity index (χ3v) is 5.59. The van der Waals surface area contributed by atoms with E-state index in [-0.39, 0.29) is 6.03 Å². The monoisotopic (exact) mass is 373 g/mol. The lowest BCUT2D eigenvalue weighted by Crippen LogP contribution is -2.51. The zero-order chi connectivity index (χ0) is 18.4. The second kappa shape index (κ2) is 9.05. The minimum absolute atomic E-state index is 0.0346. The number of hydrogen-bond donors (Lipinski definition) is 1. The van der Waals surface area contributed by atoms with E-state index in [1.54, 1.807) is 18.4 Å². The van der Waals surface area contributed by atoms with Gasteiger partial charge in [0, 0.05) is 44.1 Å². The predicted molar refractivity (Wildman–Crippen MR) is 106 cm³/mol. The number of ether oxygens (including phenoxy) is 1. The van der Waals surface area contributed by atoms with Crippen LogP contribution in [0.3, 0.4) is 0 Å². The van der Waals surface area contributed by atoms with E-state index in [1.807, 2.05) is 17.0 Å². The van der Waals surface area contributed by atoms with Crippen molar-refractivity contribution in [3.8, 4) is 5.75 Å². The molecular formula is C20H27N3O2S. The van der Waals surface area contributed by atoms with Gasteiger partial charge in [-0.05, 0) is 36.4 Å². The van der Waals surface area contributed by atoms with Crippen LogP contribution in [0.5, 0.6) is 5.75 Å². The number of piperazine rings is 1. The summed E-state index contributed by atoms with van der Waals surface area (Å²) in [6, 6.07) is 10.4. The van der Waals surface area contributed by atoms with E-state index in [0.717, 1.165) is 50.5 Å². The molecule has 2 heterocycles. The van der Waals surface area contributed by atoms with Crippen molar-refractivity contribution >= 4 is 17.4 Å². The summed E-state index contributed by atoms with van der Waals surface area (Å²) in [6.45, 7) is 7.09. The maximum atomic E-state index is 12.4. The van der Waals surface area contributed by atoms with Crippen molar-refractivity contribution in [1.82, 2.24) is 15.1 Å². The molecule has 1 aromatic heterocycles. The van der Waals surface area contributed by atoms with E-state index >= 15 is 0 Å². The third-order valence-electron chi connectivity index (χ3n) is 4.73. The molecule has 0 spiro atoms. The van der Waals surface area contributed by atoms with Gasteiger partial charge in [-0.2, -0.15) is 0 Å². The van der Waals surface area contributed by atoms with Crippen molar-refractivity contribution in [1.29, 1.82) is 0 Å². The second-order valence-corrected chi connectivity index (χ2v) is 7.67. The fourth-order valence-electron chi connectivity index (χ4n) is 3.25. The van der Waals surface area contributed by atoms with Gasteiger partial charge in [0.2, 0.25) is 0 Å². The lowest BCUT2D eigenvalue weighted by molar-refractivity contribution is 0.136. The van der Waals surface area contributed by atoms with E-state index in [4.69, 9.17) is 4.74 Å². The molecule has 0 bridgehead atoms. The summed E-state index contributed by atoms with van der Waals surface area (Å²) >= 11 is 1.79. The lowest BCUT2D eigenvalue weighted by atomic mass is 10.1. The number of methoxy groups -OCH3 is 1. The maximum Gasteiger partial charge on any atom is 0.317 e. The van der Waals surface area contributed by atoms with Gasteiger partial charge < -0.3 is 15.0 Å². The predicted octanol–water partition coefficient (Wildman–Crippen LogP) is 3.14. The normalized spacial score (nSPS) is 15.1. The first-order valence-electron chi connectivity index (χ1n) is 9.07. The molecule has 0 atom stereocenters. The van der Waals surface area contributed by atoms with Crippen LogP contribution < -0.4 is 10.1 Å². The molecule has 1 aliphatic rings. The minimum atomic E-state index is 0.0346. The van der Waals surface area contributed by atoms with Crippen LogP contribution in [0.1, 0.15) is 16.0 Å². The molecule has 1 fully saturated rings. The summed E-state index contributed by atoms with van der Waals surface area (Å²) < 4.78 is 5.40. The van der Waals surface area contributed by atoms with Gasteiger partial charge in [0.25, 0.3) is 0 Å². The van der Waals surface area contributed by atoms with Crippen LogP contribution in [0.25, 0.3) is 0 Å². The average molecular weight is 374 g/mol. The Morgan fingerprint density at radius 2 is 2.04 bits per heavy atom. The smallest absolute Gasteiger partial charge is 0.317 e. The molecule has 6 heteroatoms. The Morgan fingerprint density at radius 1 is 1.23 bits per heavy atom. The third kappa shape index (κ3) is 4.99. The number of rotatable bonds is 6. The molecule has 0 saturated carbocycles. The first kappa shape index (κ1) is 18.7. The van der Waals surface area contributed by atoms with Crippen molar-refractivity contribution in [3.05, 3.63) is 51.7 Å². The number of carbonyl (C=O) groups is 1. The maximum absolute atomic E-state index is 12.4. The highest BCUT2D eigenvalue weighted by molar-refractivity contribution is 7.09. The Hall–Kier alpha value is -2.05. The van der Waals surface area contributed by atoms with Crippen LogP contribution in [0.2, 0.25) is 0 Å². The zero-order valence-corrected chi connectivity index (χ0v) is 16.3. The molecule has 3 rings (SSSR count). The van der Waals surface area contributed by atoms with E-state index in [0.29, 0.717) is 6.54 Å². The number of thiophene rings is 1. The molecule has 0 aliphatic carbocycles. The highest BCUT2D eigenvalue weighted by Crippen LogP contribution is 2.20. The van der Waals surface area contributed by atoms with Gasteiger partial charge in [0.1, 0.15) is 5.75 Å². The van der Waals surface area contributed by atoms with Crippen molar-refractivity contribution in [2.45, 2.75) is 19.9 Å². The minimum Gasteiger partial charge on any atom is -0.496 e. The molecule has 5 nitrogen and oxygen atoms in total. The number of urea groups is 1. The molecule has 26 heavy (non-hydrogen) atoms. The molecule has 140 valence electrons. The van der Waals surface area contributed by atoms with Crippen LogP contribution in [0.15, 0.2) is 35.7 Å². The van der Waals surface area contributed by atoms with Crippen LogP contribution in [-0.2, 0) is 13.0 Å². The number of nitrogens with one attached hydrogen (secondary N) is 1. The van der Waals surface area contributed by atoms with Gasteiger partial charge in [-0.25, -0.2) is 4.79 Å². The fraction of sp³-hybridized carbons (Fsp3) is 0.450. The molecule has 1 saturated heterocycles. The summed E-state index contributed by atoms with van der Waals surface area (Å²) in [4.78, 5) is 18.1. The Morgan fingerprint density at radius 3 is 2.73 bits per heavy atom. The highest BCUT2D eigenvalue weighted by Gasteiger charge is 2.21. The van der Waals surface area contributed by atoms with Crippen molar-refractivity contribution < 1.29 is 9.53 Å². The van der Waals surface area contributed by atoms with E-state index < -0.39 is 0 Å². The number of benzene rings is 1. The molecule has 1 aromatic carbocycles. The molecule has 2 amide bonds. The van der Waals surface area contributed by atoms with Gasteiger partial charge in [-0.1, -0.05) is 23.8 Å². The van der Waals surface area contributed by atoms with Gasteiger partial charge in [-0.3, -0.25) is 4.90 Å². The van der Waals surface area contributed by atoms with Crippen molar-refractivity contribution in [3.63, 3.8) is 0 Å². The Labute approximate surface area is 159 Å². The molecule has 0 radical (unpaired) electrons. The summed E-state index contributed by atoms with van der Waals surface area (Å²) in [6.07, 6.45) is 0.773. The van der Waals surface area contributed by atoms with E-state index in [9.17, 15) is 4.79 Å². The lowest BCUT2D eigenvalue weighted by Gasteiger charge is -2.34. The zero-order valence-electron chi connectivity index (χ0n) is 15.5. The van der Waals surface area contributed by atoms with Gasteiger partial charge in [-0.15, -0.1) is 11.3 Å². The molecule has 2 aromatic rings. The first-order valence-corrected chi connectivity index (χ1v) is 9.94. The first-order chi connectivity index (χ1) is 12.7. The summed E-state index contributed by atoms with van der Waals surface area (Å²) in [5, 5.41) is 5.16. The number of amides is 2. The van der Waals surface area contributed by atoms with Crippen LogP contribution >= 0.6 is 11.3 Å². The largest absolute Gasteiger partial charge is 0.496 e. The Balaban J connectivity index is 1.41. The quantitative estimate of drug-likeness (QED) is 0.846. The molecule has 0 unspecified atom stereocenters. The molecule has 1 aliphatic heterocycles. The molecular weight excluding hydrogens is 346 g/mol. The number of carbonyl (C=O) groups excluding carboxylic acids is 1. The van der Waals surface area contributed by atoms with E-state index in [1.165, 1.54) is 10.4 Å². The topological polar surface area (TPSA) is 44.8 Å². The fourth-order valence-corrected chi connectivity index (χ4v) is 4.00. The summed E-state index contributed by atoms with van der Waals surface area (Å²) in [5.41, 5.74) is 2.34. The van der Waals surface area contributed by atoms with Gasteiger partial charge in [0.15, 0.2) is 0 Å². The standard InChI is InChI=1S/C20H27N3O2S/c1-16-5-6-19(25-2)17(14-16)7-8-21-20(24)23-11-9-22(10-12-23)15-18-4-3-13-26-18/h3-6,13-14H,7-12,15H2,1-2H3,(H,21,24). The Kier molecular flexibility index (Phi) is 6.52. The van der Waals surface area contributed by atoms with E-state index in [2.05, 4.69) is 40.7 Å². The Bertz CT molecular complexity index is 710. The van der Waals surface area contributed by atoms with Crippen LogP contribution in [-0.4, -0.2) is 55.7 Å². The van der Waals surface area contributed by atoms with Crippen molar-refractivity contribution in [2.75, 3.05) is 39.8 Å².